The summed E-state index contributed by atoms with van der Waals surface area (Å²) in [4.78, 5) is 28.5. The summed E-state index contributed by atoms with van der Waals surface area (Å²) in [5.74, 6) is 0.462. The molecular weight excluding hydrogens is 278 g/mol. The lowest BCUT2D eigenvalue weighted by atomic mass is 9.80. The zero-order valence-corrected chi connectivity index (χ0v) is 14.3. The average molecular weight is 309 g/mol. The second-order valence-corrected chi connectivity index (χ2v) is 7.70. The molecule has 0 spiro atoms. The summed E-state index contributed by atoms with van der Waals surface area (Å²) in [6.45, 7) is 9.95. The van der Waals surface area contributed by atoms with Gasteiger partial charge in [0.05, 0.1) is 0 Å². The van der Waals surface area contributed by atoms with Gasteiger partial charge in [-0.05, 0) is 49.5 Å². The van der Waals surface area contributed by atoms with E-state index in [2.05, 4.69) is 20.8 Å². The second-order valence-electron chi connectivity index (χ2n) is 7.70. The first-order valence-corrected chi connectivity index (χ1v) is 8.64. The number of amides is 2. The molecule has 0 aliphatic carbocycles. The van der Waals surface area contributed by atoms with E-state index in [1.807, 2.05) is 0 Å². The maximum atomic E-state index is 12.5. The molecule has 0 aromatic carbocycles. The predicted octanol–water partition coefficient (Wildman–Crippen LogP) is 1.47. The Kier molecular flexibility index (Phi) is 5.48. The zero-order chi connectivity index (χ0) is 16.3. The molecule has 2 aliphatic rings. The van der Waals surface area contributed by atoms with Crippen molar-refractivity contribution < 1.29 is 9.59 Å². The number of nitrogens with two attached hydrogens (primary N) is 1. The van der Waals surface area contributed by atoms with E-state index < -0.39 is 0 Å². The minimum absolute atomic E-state index is 0.119. The number of piperidine rings is 2. The number of carbonyl (C=O) groups is 2. The highest BCUT2D eigenvalue weighted by molar-refractivity contribution is 6.34. The SMILES string of the molecule is CC(C)C1CCCN(C(=O)C(=O)N2CCC(C)(CN)CC2)C1. The number of hydrogen-bond acceptors (Lipinski definition) is 3. The molecule has 0 saturated carbocycles. The second kappa shape index (κ2) is 6.99. The molecule has 2 rings (SSSR count). The van der Waals surface area contributed by atoms with Crippen LogP contribution in [-0.4, -0.2) is 54.3 Å². The van der Waals surface area contributed by atoms with Crippen molar-refractivity contribution in [1.29, 1.82) is 0 Å². The van der Waals surface area contributed by atoms with Gasteiger partial charge in [-0.25, -0.2) is 0 Å². The van der Waals surface area contributed by atoms with E-state index in [4.69, 9.17) is 5.73 Å². The molecule has 2 saturated heterocycles. The highest BCUT2D eigenvalue weighted by Crippen LogP contribution is 2.30. The Morgan fingerprint density at radius 2 is 1.73 bits per heavy atom. The minimum Gasteiger partial charge on any atom is -0.334 e. The van der Waals surface area contributed by atoms with Crippen LogP contribution in [0.2, 0.25) is 0 Å². The van der Waals surface area contributed by atoms with E-state index in [0.717, 1.165) is 38.8 Å². The van der Waals surface area contributed by atoms with Gasteiger partial charge in [0, 0.05) is 26.2 Å². The maximum Gasteiger partial charge on any atom is 0.312 e. The van der Waals surface area contributed by atoms with E-state index in [9.17, 15) is 9.59 Å². The van der Waals surface area contributed by atoms with Gasteiger partial charge >= 0.3 is 11.8 Å². The monoisotopic (exact) mass is 309 g/mol. The molecule has 5 heteroatoms. The van der Waals surface area contributed by atoms with E-state index in [1.165, 1.54) is 0 Å². The van der Waals surface area contributed by atoms with Gasteiger partial charge in [-0.15, -0.1) is 0 Å². The van der Waals surface area contributed by atoms with Crippen LogP contribution in [0.15, 0.2) is 0 Å². The predicted molar refractivity (Wildman–Crippen MR) is 87.1 cm³/mol. The molecule has 5 nitrogen and oxygen atoms in total. The minimum atomic E-state index is -0.316. The van der Waals surface area contributed by atoms with Crippen LogP contribution < -0.4 is 5.73 Å². The maximum absolute atomic E-state index is 12.5. The lowest BCUT2D eigenvalue weighted by Crippen LogP contribution is -2.52. The number of carbonyl (C=O) groups excluding carboxylic acids is 2. The van der Waals surface area contributed by atoms with Gasteiger partial charge in [0.2, 0.25) is 0 Å². The van der Waals surface area contributed by atoms with Crippen LogP contribution >= 0.6 is 0 Å². The Balaban J connectivity index is 1.91. The Morgan fingerprint density at radius 3 is 2.27 bits per heavy atom. The van der Waals surface area contributed by atoms with Crippen molar-refractivity contribution in [1.82, 2.24) is 9.80 Å². The molecule has 1 atom stereocenters. The highest BCUT2D eigenvalue weighted by Gasteiger charge is 2.35. The highest BCUT2D eigenvalue weighted by atomic mass is 16.2. The van der Waals surface area contributed by atoms with Crippen LogP contribution in [0.1, 0.15) is 46.5 Å². The van der Waals surface area contributed by atoms with Crippen LogP contribution in [0.25, 0.3) is 0 Å². The van der Waals surface area contributed by atoms with Gasteiger partial charge in [0.15, 0.2) is 0 Å². The van der Waals surface area contributed by atoms with Gasteiger partial charge in [-0.2, -0.15) is 0 Å². The molecule has 2 N–H and O–H groups in total. The number of rotatable bonds is 2. The summed E-state index contributed by atoms with van der Waals surface area (Å²) in [5, 5.41) is 0. The standard InChI is InChI=1S/C17H31N3O2/c1-13(2)14-5-4-8-20(11-14)16(22)15(21)19-9-6-17(3,12-18)7-10-19/h13-14H,4-12,18H2,1-3H3. The quantitative estimate of drug-likeness (QED) is 0.786. The van der Waals surface area contributed by atoms with E-state index in [1.54, 1.807) is 9.80 Å². The molecule has 126 valence electrons. The number of likely N-dealkylation sites (tertiary alicyclic amines) is 2. The van der Waals surface area contributed by atoms with Crippen molar-refractivity contribution in [3.05, 3.63) is 0 Å². The Hall–Kier alpha value is -1.10. The van der Waals surface area contributed by atoms with Crippen molar-refractivity contribution in [2.45, 2.75) is 46.5 Å². The van der Waals surface area contributed by atoms with Crippen molar-refractivity contribution in [3.63, 3.8) is 0 Å². The summed E-state index contributed by atoms with van der Waals surface area (Å²) >= 11 is 0. The van der Waals surface area contributed by atoms with E-state index in [0.29, 0.717) is 31.5 Å². The van der Waals surface area contributed by atoms with Crippen molar-refractivity contribution in [2.75, 3.05) is 32.7 Å². The lowest BCUT2D eigenvalue weighted by Gasteiger charge is -2.40. The fraction of sp³-hybridized carbons (Fsp3) is 0.882. The van der Waals surface area contributed by atoms with Crippen LogP contribution in [0.4, 0.5) is 0 Å². The Bertz CT molecular complexity index is 414. The molecule has 0 aromatic rings. The van der Waals surface area contributed by atoms with Crippen molar-refractivity contribution >= 4 is 11.8 Å². The summed E-state index contributed by atoms with van der Waals surface area (Å²) in [5.41, 5.74) is 5.92. The topological polar surface area (TPSA) is 66.6 Å². The van der Waals surface area contributed by atoms with Gasteiger partial charge in [0.25, 0.3) is 0 Å². The van der Waals surface area contributed by atoms with Crippen LogP contribution in [0.5, 0.6) is 0 Å². The van der Waals surface area contributed by atoms with Gasteiger partial charge in [-0.1, -0.05) is 20.8 Å². The van der Waals surface area contributed by atoms with E-state index >= 15 is 0 Å². The molecule has 0 radical (unpaired) electrons. The number of hydrogen-bond donors (Lipinski definition) is 1. The van der Waals surface area contributed by atoms with Crippen molar-refractivity contribution in [3.8, 4) is 0 Å². The normalized spacial score (nSPS) is 25.4. The van der Waals surface area contributed by atoms with Gasteiger partial charge < -0.3 is 15.5 Å². The third-order valence-electron chi connectivity index (χ3n) is 5.62. The molecule has 2 heterocycles. The lowest BCUT2D eigenvalue weighted by molar-refractivity contribution is -0.154. The average Bonchev–Trinajstić information content (AvgIpc) is 2.54. The summed E-state index contributed by atoms with van der Waals surface area (Å²) in [7, 11) is 0. The molecule has 0 bridgehead atoms. The fourth-order valence-electron chi connectivity index (χ4n) is 3.46. The molecule has 2 amide bonds. The third kappa shape index (κ3) is 3.80. The fourth-order valence-corrected chi connectivity index (χ4v) is 3.46. The molecular formula is C17H31N3O2. The first-order valence-electron chi connectivity index (χ1n) is 8.64. The van der Waals surface area contributed by atoms with Crippen LogP contribution in [0.3, 0.4) is 0 Å². The smallest absolute Gasteiger partial charge is 0.312 e. The molecule has 0 aromatic heterocycles. The molecule has 2 fully saturated rings. The Labute approximate surface area is 134 Å². The number of nitrogens with zero attached hydrogens (tertiary/aromatic N) is 2. The van der Waals surface area contributed by atoms with E-state index in [-0.39, 0.29) is 17.2 Å². The first-order chi connectivity index (χ1) is 10.4. The summed E-state index contributed by atoms with van der Waals surface area (Å²) in [6, 6.07) is 0. The van der Waals surface area contributed by atoms with Crippen LogP contribution in [0, 0.1) is 17.3 Å². The largest absolute Gasteiger partial charge is 0.334 e. The summed E-state index contributed by atoms with van der Waals surface area (Å²) < 4.78 is 0. The van der Waals surface area contributed by atoms with Crippen molar-refractivity contribution in [2.24, 2.45) is 23.0 Å². The Morgan fingerprint density at radius 1 is 1.14 bits per heavy atom. The molecule has 1 unspecified atom stereocenters. The van der Waals surface area contributed by atoms with Crippen LogP contribution in [-0.2, 0) is 9.59 Å². The molecule has 22 heavy (non-hydrogen) atoms. The first kappa shape index (κ1) is 17.3. The summed E-state index contributed by atoms with van der Waals surface area (Å²) in [6.07, 6.45) is 3.94. The molecule has 2 aliphatic heterocycles. The zero-order valence-electron chi connectivity index (χ0n) is 14.3. The third-order valence-corrected chi connectivity index (χ3v) is 5.62. The van der Waals surface area contributed by atoms with Gasteiger partial charge in [-0.3, -0.25) is 9.59 Å². The van der Waals surface area contributed by atoms with Gasteiger partial charge in [0.1, 0.15) is 0 Å².